The molecule has 0 aromatic heterocycles. The predicted molar refractivity (Wildman–Crippen MR) is 115 cm³/mol. The van der Waals surface area contributed by atoms with Crippen molar-refractivity contribution in [3.63, 3.8) is 0 Å². The Morgan fingerprint density at radius 2 is 1.76 bits per heavy atom. The van der Waals surface area contributed by atoms with Gasteiger partial charge in [0.05, 0.1) is 6.61 Å². The van der Waals surface area contributed by atoms with Crippen molar-refractivity contribution in [3.05, 3.63) is 59.7 Å². The van der Waals surface area contributed by atoms with Gasteiger partial charge in [-0.25, -0.2) is 4.79 Å². The number of ether oxygens (including phenoxy) is 2. The third kappa shape index (κ3) is 7.98. The van der Waals surface area contributed by atoms with Crippen molar-refractivity contribution in [1.29, 1.82) is 0 Å². The summed E-state index contributed by atoms with van der Waals surface area (Å²) >= 11 is 0. The van der Waals surface area contributed by atoms with Crippen molar-refractivity contribution >= 4 is 12.1 Å². The molecular formula is C24H31NO4. The van der Waals surface area contributed by atoms with Gasteiger partial charge in [-0.3, -0.25) is 4.79 Å². The van der Waals surface area contributed by atoms with E-state index < -0.39 is 11.7 Å². The number of benzene rings is 2. The summed E-state index contributed by atoms with van der Waals surface area (Å²) in [7, 11) is 0. The Kier molecular flexibility index (Phi) is 8.25. The summed E-state index contributed by atoms with van der Waals surface area (Å²) < 4.78 is 10.3. The molecule has 2 rings (SSSR count). The van der Waals surface area contributed by atoms with Crippen LogP contribution in [-0.2, 0) is 27.1 Å². The van der Waals surface area contributed by atoms with Gasteiger partial charge in [-0.1, -0.05) is 48.5 Å². The van der Waals surface area contributed by atoms with E-state index in [2.05, 4.69) is 23.5 Å². The molecule has 0 unspecified atom stereocenters. The van der Waals surface area contributed by atoms with Gasteiger partial charge in [-0.15, -0.1) is 0 Å². The van der Waals surface area contributed by atoms with Crippen LogP contribution in [0.3, 0.4) is 0 Å². The molecule has 2 aromatic rings. The molecule has 0 saturated heterocycles. The number of hydrogen-bond donors (Lipinski definition) is 1. The monoisotopic (exact) mass is 397 g/mol. The Hall–Kier alpha value is -2.82. The van der Waals surface area contributed by atoms with Crippen LogP contribution in [0.15, 0.2) is 48.5 Å². The molecule has 0 radical (unpaired) electrons. The van der Waals surface area contributed by atoms with Gasteiger partial charge in [0, 0.05) is 13.0 Å². The average molecular weight is 398 g/mol. The highest BCUT2D eigenvalue weighted by Crippen LogP contribution is 2.26. The molecule has 2 aromatic carbocycles. The third-order valence-electron chi connectivity index (χ3n) is 4.24. The summed E-state index contributed by atoms with van der Waals surface area (Å²) in [5, 5.41) is 2.79. The minimum absolute atomic E-state index is 0.177. The Morgan fingerprint density at radius 1 is 1.00 bits per heavy atom. The minimum atomic E-state index is -0.503. The van der Waals surface area contributed by atoms with E-state index in [-0.39, 0.29) is 5.97 Å². The van der Waals surface area contributed by atoms with Crippen LogP contribution in [0, 0.1) is 0 Å². The summed E-state index contributed by atoms with van der Waals surface area (Å²) in [5.41, 5.74) is 3.94. The van der Waals surface area contributed by atoms with Gasteiger partial charge < -0.3 is 14.8 Å². The van der Waals surface area contributed by atoms with Crippen molar-refractivity contribution in [1.82, 2.24) is 5.32 Å². The number of alkyl carbamates (subject to hydrolysis) is 1. The van der Waals surface area contributed by atoms with Crippen LogP contribution in [0.1, 0.15) is 45.2 Å². The molecule has 0 spiro atoms. The lowest BCUT2D eigenvalue weighted by Crippen LogP contribution is -2.33. The molecule has 1 amide bonds. The number of amides is 1. The van der Waals surface area contributed by atoms with Gasteiger partial charge in [0.1, 0.15) is 5.60 Å². The molecule has 0 aliphatic carbocycles. The molecule has 0 aliphatic heterocycles. The molecule has 156 valence electrons. The Morgan fingerprint density at radius 3 is 2.48 bits per heavy atom. The zero-order valence-electron chi connectivity index (χ0n) is 17.8. The van der Waals surface area contributed by atoms with Crippen LogP contribution in [0.25, 0.3) is 11.1 Å². The Bertz CT molecular complexity index is 824. The number of carbonyl (C=O) groups is 2. The summed E-state index contributed by atoms with van der Waals surface area (Å²) in [6, 6.07) is 16.3. The summed E-state index contributed by atoms with van der Waals surface area (Å²) in [6.07, 6.45) is 1.31. The topological polar surface area (TPSA) is 64.6 Å². The average Bonchev–Trinajstić information content (AvgIpc) is 2.66. The number of hydrogen-bond acceptors (Lipinski definition) is 4. The number of aryl methyl sites for hydroxylation is 1. The fourth-order valence-electron chi connectivity index (χ4n) is 3.01. The first kappa shape index (κ1) is 22.5. The van der Waals surface area contributed by atoms with E-state index in [1.54, 1.807) is 0 Å². The van der Waals surface area contributed by atoms with Crippen LogP contribution in [0.5, 0.6) is 0 Å². The second-order valence-corrected chi connectivity index (χ2v) is 7.84. The molecule has 5 heteroatoms. The lowest BCUT2D eigenvalue weighted by atomic mass is 9.95. The first-order valence-electron chi connectivity index (χ1n) is 10.1. The Labute approximate surface area is 173 Å². The van der Waals surface area contributed by atoms with Crippen LogP contribution < -0.4 is 5.32 Å². The quantitative estimate of drug-likeness (QED) is 0.643. The number of rotatable bonds is 8. The predicted octanol–water partition coefficient (Wildman–Crippen LogP) is 4.92. The largest absolute Gasteiger partial charge is 0.466 e. The second-order valence-electron chi connectivity index (χ2n) is 7.84. The van der Waals surface area contributed by atoms with Crippen LogP contribution in [-0.4, -0.2) is 30.8 Å². The Balaban J connectivity index is 2.02. The molecule has 0 heterocycles. The molecule has 0 atom stereocenters. The molecule has 29 heavy (non-hydrogen) atoms. The van der Waals surface area contributed by atoms with Crippen molar-refractivity contribution in [2.24, 2.45) is 0 Å². The van der Waals surface area contributed by atoms with E-state index in [1.165, 1.54) is 0 Å². The van der Waals surface area contributed by atoms with E-state index in [4.69, 9.17) is 9.47 Å². The third-order valence-corrected chi connectivity index (χ3v) is 4.24. The smallest absolute Gasteiger partial charge is 0.407 e. The zero-order chi connectivity index (χ0) is 21.3. The SMILES string of the molecule is CCOC(=O)CCc1ccccc1-c1cccc(CCNC(=O)OC(C)(C)C)c1. The first-order chi connectivity index (χ1) is 13.8. The van der Waals surface area contributed by atoms with Crippen LogP contribution in [0.4, 0.5) is 4.79 Å². The maximum absolute atomic E-state index is 11.8. The lowest BCUT2D eigenvalue weighted by molar-refractivity contribution is -0.143. The van der Waals surface area contributed by atoms with E-state index >= 15 is 0 Å². The van der Waals surface area contributed by atoms with Crippen LogP contribution >= 0.6 is 0 Å². The summed E-state index contributed by atoms with van der Waals surface area (Å²) in [4.78, 5) is 23.5. The van der Waals surface area contributed by atoms with Crippen molar-refractivity contribution in [2.45, 2.75) is 52.6 Å². The molecule has 1 N–H and O–H groups in total. The molecule has 0 aliphatic rings. The van der Waals surface area contributed by atoms with Crippen LogP contribution in [0.2, 0.25) is 0 Å². The number of carbonyl (C=O) groups excluding carboxylic acids is 2. The summed E-state index contributed by atoms with van der Waals surface area (Å²) in [5.74, 6) is -0.177. The number of nitrogens with one attached hydrogen (secondary N) is 1. The number of esters is 1. The van der Waals surface area contributed by atoms with Crippen molar-refractivity contribution in [3.8, 4) is 11.1 Å². The first-order valence-corrected chi connectivity index (χ1v) is 10.1. The van der Waals surface area contributed by atoms with E-state index in [0.717, 1.165) is 22.3 Å². The lowest BCUT2D eigenvalue weighted by Gasteiger charge is -2.19. The molecule has 5 nitrogen and oxygen atoms in total. The maximum atomic E-state index is 11.8. The fraction of sp³-hybridized carbons (Fsp3) is 0.417. The molecule has 0 saturated carbocycles. The highest BCUT2D eigenvalue weighted by atomic mass is 16.6. The highest BCUT2D eigenvalue weighted by Gasteiger charge is 2.15. The second kappa shape index (κ2) is 10.6. The molecular weight excluding hydrogens is 366 g/mol. The van der Waals surface area contributed by atoms with Gasteiger partial charge >= 0.3 is 12.1 Å². The molecule has 0 fully saturated rings. The van der Waals surface area contributed by atoms with Crippen molar-refractivity contribution in [2.75, 3.05) is 13.2 Å². The zero-order valence-corrected chi connectivity index (χ0v) is 17.8. The normalized spacial score (nSPS) is 11.0. The maximum Gasteiger partial charge on any atom is 0.407 e. The van der Waals surface area contributed by atoms with Gasteiger partial charge in [0.25, 0.3) is 0 Å². The minimum Gasteiger partial charge on any atom is -0.466 e. The van der Waals surface area contributed by atoms with Gasteiger partial charge in [0.15, 0.2) is 0 Å². The highest BCUT2D eigenvalue weighted by molar-refractivity contribution is 5.72. The van der Waals surface area contributed by atoms with Gasteiger partial charge in [-0.2, -0.15) is 0 Å². The van der Waals surface area contributed by atoms with Gasteiger partial charge in [0.2, 0.25) is 0 Å². The van der Waals surface area contributed by atoms with E-state index in [0.29, 0.717) is 32.4 Å². The molecule has 0 bridgehead atoms. The standard InChI is InChI=1S/C24H31NO4/c1-5-28-22(26)14-13-19-10-6-7-12-21(19)20-11-8-9-18(17-20)15-16-25-23(27)29-24(2,3)4/h6-12,17H,5,13-16H2,1-4H3,(H,25,27). The van der Waals surface area contributed by atoms with Crippen molar-refractivity contribution < 1.29 is 19.1 Å². The summed E-state index contributed by atoms with van der Waals surface area (Å²) in [6.45, 7) is 8.25. The van der Waals surface area contributed by atoms with E-state index in [1.807, 2.05) is 58.0 Å². The van der Waals surface area contributed by atoms with Gasteiger partial charge in [-0.05, 0) is 62.8 Å². The van der Waals surface area contributed by atoms with E-state index in [9.17, 15) is 9.59 Å². The fourth-order valence-corrected chi connectivity index (χ4v) is 3.01.